The number of carboxylic acids is 1. The zero-order valence-corrected chi connectivity index (χ0v) is 10.6. The third-order valence-corrected chi connectivity index (χ3v) is 3.39. The molecule has 102 valence electrons. The molecule has 0 saturated heterocycles. The van der Waals surface area contributed by atoms with Crippen molar-refractivity contribution in [2.75, 3.05) is 6.54 Å². The molecule has 6 heteroatoms. The van der Waals surface area contributed by atoms with Crippen LogP contribution in [0.3, 0.4) is 0 Å². The van der Waals surface area contributed by atoms with E-state index in [0.29, 0.717) is 19.5 Å². The summed E-state index contributed by atoms with van der Waals surface area (Å²) >= 11 is 0. The average Bonchev–Trinajstić information content (AvgIpc) is 2.99. The number of carbonyl (C=O) groups is 2. The van der Waals surface area contributed by atoms with Crippen LogP contribution in [0.15, 0.2) is 35.2 Å². The fraction of sp³-hybridized carbons (Fsp3) is 0.214. The van der Waals surface area contributed by atoms with Gasteiger partial charge in [0.25, 0.3) is 5.91 Å². The van der Waals surface area contributed by atoms with Crippen molar-refractivity contribution in [3.8, 4) is 0 Å². The van der Waals surface area contributed by atoms with E-state index in [9.17, 15) is 9.59 Å². The number of amides is 1. The Morgan fingerprint density at radius 2 is 2.20 bits per heavy atom. The number of hydrogen-bond acceptors (Lipinski definition) is 4. The number of carboxylic acid groups (broad SMARTS) is 1. The van der Waals surface area contributed by atoms with Crippen LogP contribution in [0.4, 0.5) is 0 Å². The summed E-state index contributed by atoms with van der Waals surface area (Å²) in [5, 5.41) is 9.13. The van der Waals surface area contributed by atoms with Crippen molar-refractivity contribution in [1.82, 2.24) is 9.88 Å². The second-order valence-corrected chi connectivity index (χ2v) is 4.58. The zero-order valence-electron chi connectivity index (χ0n) is 10.6. The van der Waals surface area contributed by atoms with Gasteiger partial charge < -0.3 is 14.4 Å². The zero-order chi connectivity index (χ0) is 14.1. The lowest BCUT2D eigenvalue weighted by molar-refractivity contribution is 0.0690. The largest absolute Gasteiger partial charge is 0.478 e. The Labute approximate surface area is 114 Å². The Morgan fingerprint density at radius 3 is 2.90 bits per heavy atom. The summed E-state index contributed by atoms with van der Waals surface area (Å²) in [7, 11) is 0. The first-order valence-corrected chi connectivity index (χ1v) is 6.18. The first-order chi connectivity index (χ1) is 9.66. The number of fused-ring (bicyclic) bond motifs is 1. The van der Waals surface area contributed by atoms with Gasteiger partial charge in [0.2, 0.25) is 0 Å². The van der Waals surface area contributed by atoms with Gasteiger partial charge in [0.05, 0.1) is 11.8 Å². The molecule has 0 radical (unpaired) electrons. The van der Waals surface area contributed by atoms with Gasteiger partial charge >= 0.3 is 5.97 Å². The summed E-state index contributed by atoms with van der Waals surface area (Å²) in [4.78, 5) is 28.9. The van der Waals surface area contributed by atoms with Crippen LogP contribution in [0.1, 0.15) is 32.0 Å². The normalized spacial score (nSPS) is 13.9. The van der Waals surface area contributed by atoms with E-state index >= 15 is 0 Å². The molecule has 0 spiro atoms. The van der Waals surface area contributed by atoms with Crippen molar-refractivity contribution in [2.45, 2.75) is 13.0 Å². The number of aromatic carboxylic acids is 1. The third-order valence-electron chi connectivity index (χ3n) is 3.39. The van der Waals surface area contributed by atoms with Crippen molar-refractivity contribution in [3.63, 3.8) is 0 Å². The highest BCUT2D eigenvalue weighted by atomic mass is 16.4. The number of carbonyl (C=O) groups excluding carboxylic acids is 1. The van der Waals surface area contributed by atoms with Gasteiger partial charge in [-0.1, -0.05) is 0 Å². The van der Waals surface area contributed by atoms with Crippen molar-refractivity contribution < 1.29 is 19.1 Å². The van der Waals surface area contributed by atoms with Gasteiger partial charge in [-0.15, -0.1) is 0 Å². The number of nitrogens with zero attached hydrogens (tertiary/aromatic N) is 2. The van der Waals surface area contributed by atoms with E-state index in [-0.39, 0.29) is 17.2 Å². The summed E-state index contributed by atoms with van der Waals surface area (Å²) < 4.78 is 5.10. The van der Waals surface area contributed by atoms with E-state index in [0.717, 1.165) is 11.1 Å². The molecule has 1 N–H and O–H groups in total. The van der Waals surface area contributed by atoms with Crippen LogP contribution in [0, 0.1) is 0 Å². The Morgan fingerprint density at radius 1 is 1.35 bits per heavy atom. The molecule has 0 atom stereocenters. The molecule has 1 amide bonds. The minimum atomic E-state index is -0.986. The second-order valence-electron chi connectivity index (χ2n) is 4.58. The monoisotopic (exact) mass is 272 g/mol. The molecule has 0 unspecified atom stereocenters. The van der Waals surface area contributed by atoms with Gasteiger partial charge in [-0.3, -0.25) is 9.78 Å². The molecular formula is C14H12N2O4. The molecule has 0 saturated carbocycles. The number of aromatic nitrogens is 1. The number of pyridine rings is 1. The molecule has 1 aliphatic heterocycles. The topological polar surface area (TPSA) is 83.6 Å². The predicted molar refractivity (Wildman–Crippen MR) is 68.3 cm³/mol. The van der Waals surface area contributed by atoms with Crippen molar-refractivity contribution >= 4 is 11.9 Å². The molecule has 1 aliphatic rings. The lowest BCUT2D eigenvalue weighted by Crippen LogP contribution is -2.36. The fourth-order valence-corrected chi connectivity index (χ4v) is 2.41. The van der Waals surface area contributed by atoms with E-state index < -0.39 is 5.97 Å². The Bertz CT molecular complexity index is 664. The maximum Gasteiger partial charge on any atom is 0.337 e. The van der Waals surface area contributed by atoms with Gasteiger partial charge in [0.1, 0.15) is 0 Å². The number of rotatable bonds is 2. The van der Waals surface area contributed by atoms with Gasteiger partial charge in [-0.2, -0.15) is 0 Å². The van der Waals surface area contributed by atoms with E-state index in [2.05, 4.69) is 4.98 Å². The molecule has 2 aromatic rings. The number of hydrogen-bond donors (Lipinski definition) is 1. The van der Waals surface area contributed by atoms with E-state index in [1.807, 2.05) is 0 Å². The third kappa shape index (κ3) is 2.05. The maximum atomic E-state index is 12.2. The smallest absolute Gasteiger partial charge is 0.337 e. The summed E-state index contributed by atoms with van der Waals surface area (Å²) in [6, 6.07) is 3.28. The summed E-state index contributed by atoms with van der Waals surface area (Å²) in [6.07, 6.45) is 4.93. The van der Waals surface area contributed by atoms with E-state index in [1.54, 1.807) is 23.2 Å². The lowest BCUT2D eigenvalue weighted by Gasteiger charge is -2.28. The molecule has 0 bridgehead atoms. The fourth-order valence-electron chi connectivity index (χ4n) is 2.41. The van der Waals surface area contributed by atoms with E-state index in [4.69, 9.17) is 9.52 Å². The summed E-state index contributed by atoms with van der Waals surface area (Å²) in [6.45, 7) is 0.819. The highest BCUT2D eigenvalue weighted by molar-refractivity contribution is 5.92. The van der Waals surface area contributed by atoms with Gasteiger partial charge in [0, 0.05) is 25.5 Å². The van der Waals surface area contributed by atoms with Gasteiger partial charge in [-0.05, 0) is 29.7 Å². The molecular weight excluding hydrogens is 260 g/mol. The van der Waals surface area contributed by atoms with Gasteiger partial charge in [0.15, 0.2) is 5.76 Å². The van der Waals surface area contributed by atoms with Crippen LogP contribution in [-0.4, -0.2) is 33.4 Å². The first kappa shape index (κ1) is 12.4. The SMILES string of the molecule is O=C(O)c1cncc2c1CCN(C(=O)c1ccco1)C2. The minimum Gasteiger partial charge on any atom is -0.478 e. The Hall–Kier alpha value is -2.63. The second kappa shape index (κ2) is 4.80. The lowest BCUT2D eigenvalue weighted by atomic mass is 9.97. The molecule has 3 rings (SSSR count). The van der Waals surface area contributed by atoms with Crippen LogP contribution in [0.2, 0.25) is 0 Å². The predicted octanol–water partition coefficient (Wildman–Crippen LogP) is 1.57. The van der Waals surface area contributed by atoms with Crippen molar-refractivity contribution in [1.29, 1.82) is 0 Å². The quantitative estimate of drug-likeness (QED) is 0.897. The number of furan rings is 1. The van der Waals surface area contributed by atoms with Crippen LogP contribution < -0.4 is 0 Å². The van der Waals surface area contributed by atoms with Gasteiger partial charge in [-0.25, -0.2) is 4.79 Å². The Kier molecular flexibility index (Phi) is 2.98. The standard InChI is InChI=1S/C14H12N2O4/c17-13(12-2-1-5-20-12)16-4-3-10-9(8-16)6-15-7-11(10)14(18)19/h1-2,5-7H,3-4,8H2,(H,18,19). The maximum absolute atomic E-state index is 12.2. The molecule has 20 heavy (non-hydrogen) atoms. The van der Waals surface area contributed by atoms with Crippen LogP contribution >= 0.6 is 0 Å². The average molecular weight is 272 g/mol. The van der Waals surface area contributed by atoms with Crippen LogP contribution in [-0.2, 0) is 13.0 Å². The molecule has 6 nitrogen and oxygen atoms in total. The molecule has 2 aromatic heterocycles. The van der Waals surface area contributed by atoms with Crippen LogP contribution in [0.5, 0.6) is 0 Å². The molecule has 0 aliphatic carbocycles. The molecule has 0 aromatic carbocycles. The van der Waals surface area contributed by atoms with Crippen molar-refractivity contribution in [3.05, 3.63) is 53.2 Å². The highest BCUT2D eigenvalue weighted by Crippen LogP contribution is 2.23. The summed E-state index contributed by atoms with van der Waals surface area (Å²) in [5.41, 5.74) is 1.75. The highest BCUT2D eigenvalue weighted by Gasteiger charge is 2.26. The van der Waals surface area contributed by atoms with Crippen LogP contribution in [0.25, 0.3) is 0 Å². The molecule has 3 heterocycles. The summed E-state index contributed by atoms with van der Waals surface area (Å²) in [5.74, 6) is -0.891. The minimum absolute atomic E-state index is 0.193. The van der Waals surface area contributed by atoms with E-state index in [1.165, 1.54) is 12.5 Å². The molecule has 0 fully saturated rings. The van der Waals surface area contributed by atoms with Crippen molar-refractivity contribution in [2.24, 2.45) is 0 Å². The first-order valence-electron chi connectivity index (χ1n) is 6.18. The Balaban J connectivity index is 1.88.